The maximum atomic E-state index is 12.4. The van der Waals surface area contributed by atoms with E-state index in [1.165, 1.54) is 44.4 Å². The third-order valence-corrected chi connectivity index (χ3v) is 3.92. The van der Waals surface area contributed by atoms with E-state index in [2.05, 4.69) is 0 Å². The molecule has 132 valence electrons. The number of carbonyl (C=O) groups is 2. The lowest BCUT2D eigenvalue weighted by Gasteiger charge is -2.03. The van der Waals surface area contributed by atoms with Gasteiger partial charge in [0, 0.05) is 10.9 Å². The average Bonchev–Trinajstić information content (AvgIpc) is 3.07. The van der Waals surface area contributed by atoms with E-state index in [0.717, 1.165) is 0 Å². The van der Waals surface area contributed by atoms with Gasteiger partial charge in [-0.15, -0.1) is 0 Å². The molecule has 0 saturated carbocycles. The van der Waals surface area contributed by atoms with E-state index < -0.39 is 5.78 Å². The molecule has 0 fully saturated rings. The number of ketones is 2. The molecule has 2 N–H and O–H groups in total. The summed E-state index contributed by atoms with van der Waals surface area (Å²) < 4.78 is 10.5. The van der Waals surface area contributed by atoms with Gasteiger partial charge in [0.05, 0.1) is 7.11 Å². The van der Waals surface area contributed by atoms with Crippen LogP contribution in [0.2, 0.25) is 0 Å². The first-order chi connectivity index (χ1) is 12.4. The third-order valence-electron chi connectivity index (χ3n) is 3.92. The number of allylic oxidation sites excluding steroid dienone is 1. The zero-order valence-electron chi connectivity index (χ0n) is 14.1. The van der Waals surface area contributed by atoms with Crippen molar-refractivity contribution in [1.29, 1.82) is 0 Å². The third kappa shape index (κ3) is 3.17. The zero-order chi connectivity index (χ0) is 18.8. The van der Waals surface area contributed by atoms with E-state index in [9.17, 15) is 19.8 Å². The van der Waals surface area contributed by atoms with Crippen LogP contribution in [0.15, 0.2) is 46.9 Å². The van der Waals surface area contributed by atoms with Gasteiger partial charge in [-0.2, -0.15) is 0 Å². The number of carbonyl (C=O) groups excluding carboxylic acids is 2. The average molecular weight is 352 g/mol. The number of methoxy groups -OCH3 is 1. The highest BCUT2D eigenvalue weighted by molar-refractivity contribution is 6.11. The number of Topliss-reactive ketones (excluding diaryl/α,β-unsaturated/α-hetero) is 1. The summed E-state index contributed by atoms with van der Waals surface area (Å²) in [7, 11) is 1.43. The fourth-order valence-corrected chi connectivity index (χ4v) is 2.59. The predicted molar refractivity (Wildman–Crippen MR) is 95.9 cm³/mol. The summed E-state index contributed by atoms with van der Waals surface area (Å²) >= 11 is 0. The number of aromatic hydroxyl groups is 2. The number of phenols is 2. The molecule has 2 aromatic carbocycles. The smallest absolute Gasteiger partial charge is 0.221 e. The Labute approximate surface area is 148 Å². The van der Waals surface area contributed by atoms with Gasteiger partial charge in [-0.25, -0.2) is 0 Å². The molecule has 3 aromatic rings. The van der Waals surface area contributed by atoms with Crippen molar-refractivity contribution >= 4 is 28.6 Å². The standard InChI is InChI=1S/C20H16O6/c1-11(21)13-5-8-17(24)20-14(13)10-19(26-20)16(23)7-4-12-3-6-15(22)18(9-12)25-2/h3-10,22,24H,1-2H3/b7-4-. The predicted octanol–water partition coefficient (Wildman–Crippen LogP) is 3.95. The topological polar surface area (TPSA) is 97.0 Å². The van der Waals surface area contributed by atoms with Crippen molar-refractivity contribution in [3.05, 3.63) is 59.4 Å². The molecule has 3 rings (SSSR count). The van der Waals surface area contributed by atoms with Gasteiger partial charge in [-0.3, -0.25) is 9.59 Å². The minimum absolute atomic E-state index is 0.000461. The number of phenolic OH excluding ortho intramolecular Hbond substituents is 2. The molecule has 0 spiro atoms. The van der Waals surface area contributed by atoms with Gasteiger partial charge in [0.2, 0.25) is 5.78 Å². The van der Waals surface area contributed by atoms with E-state index in [4.69, 9.17) is 9.15 Å². The molecule has 0 unspecified atom stereocenters. The lowest BCUT2D eigenvalue weighted by Crippen LogP contribution is -1.92. The molecule has 26 heavy (non-hydrogen) atoms. The zero-order valence-corrected chi connectivity index (χ0v) is 14.1. The maximum Gasteiger partial charge on any atom is 0.221 e. The molecule has 0 aliphatic heterocycles. The highest BCUT2D eigenvalue weighted by atomic mass is 16.5. The van der Waals surface area contributed by atoms with Gasteiger partial charge in [-0.1, -0.05) is 12.1 Å². The van der Waals surface area contributed by atoms with E-state index in [-0.39, 0.29) is 28.6 Å². The summed E-state index contributed by atoms with van der Waals surface area (Å²) in [4.78, 5) is 24.1. The minimum atomic E-state index is -0.429. The second-order valence-electron chi connectivity index (χ2n) is 5.67. The van der Waals surface area contributed by atoms with Crippen molar-refractivity contribution in [2.75, 3.05) is 7.11 Å². The Morgan fingerprint density at radius 3 is 2.50 bits per heavy atom. The number of rotatable bonds is 5. The van der Waals surface area contributed by atoms with Gasteiger partial charge in [-0.05, 0) is 48.9 Å². The molecule has 0 bridgehead atoms. The summed E-state index contributed by atoms with van der Waals surface area (Å²) in [5, 5.41) is 19.9. The number of hydrogen-bond donors (Lipinski definition) is 2. The molecule has 0 radical (unpaired) electrons. The molecule has 1 aromatic heterocycles. The fourth-order valence-electron chi connectivity index (χ4n) is 2.59. The minimum Gasteiger partial charge on any atom is -0.504 e. The molecule has 0 aliphatic carbocycles. The number of furan rings is 1. The molecular formula is C20H16O6. The highest BCUT2D eigenvalue weighted by Crippen LogP contribution is 2.31. The molecule has 0 amide bonds. The second-order valence-corrected chi connectivity index (χ2v) is 5.67. The van der Waals surface area contributed by atoms with Crippen molar-refractivity contribution in [1.82, 2.24) is 0 Å². The summed E-state index contributed by atoms with van der Waals surface area (Å²) in [6, 6.07) is 8.95. The Kier molecular flexibility index (Phi) is 4.49. The van der Waals surface area contributed by atoms with Crippen molar-refractivity contribution in [3.8, 4) is 17.2 Å². The van der Waals surface area contributed by atoms with E-state index in [1.54, 1.807) is 18.2 Å². The quantitative estimate of drug-likeness (QED) is 0.533. The summed E-state index contributed by atoms with van der Waals surface area (Å²) in [6.07, 6.45) is 2.84. The normalized spacial score (nSPS) is 11.2. The monoisotopic (exact) mass is 352 g/mol. The van der Waals surface area contributed by atoms with Crippen molar-refractivity contribution in [2.45, 2.75) is 6.92 Å². The summed E-state index contributed by atoms with van der Waals surface area (Å²) in [5.41, 5.74) is 1.12. The Hall–Kier alpha value is -3.54. The Morgan fingerprint density at radius 2 is 1.81 bits per heavy atom. The first-order valence-corrected chi connectivity index (χ1v) is 7.76. The van der Waals surface area contributed by atoms with Crippen molar-refractivity contribution in [2.24, 2.45) is 0 Å². The number of hydrogen-bond acceptors (Lipinski definition) is 6. The van der Waals surface area contributed by atoms with Crippen LogP contribution in [0.5, 0.6) is 17.2 Å². The first kappa shape index (κ1) is 17.3. The lowest BCUT2D eigenvalue weighted by molar-refractivity contribution is 0.101. The van der Waals surface area contributed by atoms with Gasteiger partial charge in [0.25, 0.3) is 0 Å². The van der Waals surface area contributed by atoms with Crippen LogP contribution in [-0.2, 0) is 0 Å². The van der Waals surface area contributed by atoms with E-state index in [0.29, 0.717) is 22.3 Å². The molecule has 0 saturated heterocycles. The van der Waals surface area contributed by atoms with Crippen LogP contribution in [0.4, 0.5) is 0 Å². The number of ether oxygens (including phenoxy) is 1. The first-order valence-electron chi connectivity index (χ1n) is 7.76. The molecular weight excluding hydrogens is 336 g/mol. The Balaban J connectivity index is 1.94. The SMILES string of the molecule is COc1cc(/C=C\C(=O)c2cc3c(C(C)=O)ccc(O)c3o2)ccc1O. The Bertz CT molecular complexity index is 1040. The lowest BCUT2D eigenvalue weighted by atomic mass is 10.1. The Morgan fingerprint density at radius 1 is 1.08 bits per heavy atom. The largest absolute Gasteiger partial charge is 0.504 e. The van der Waals surface area contributed by atoms with Gasteiger partial charge >= 0.3 is 0 Å². The number of fused-ring (bicyclic) bond motifs is 1. The summed E-state index contributed by atoms with van der Waals surface area (Å²) in [6.45, 7) is 1.40. The van der Waals surface area contributed by atoms with Crippen LogP contribution in [0.1, 0.15) is 33.4 Å². The molecule has 1 heterocycles. The molecule has 0 aliphatic rings. The van der Waals surface area contributed by atoms with Crippen LogP contribution in [0.25, 0.3) is 17.0 Å². The van der Waals surface area contributed by atoms with E-state index >= 15 is 0 Å². The van der Waals surface area contributed by atoms with Gasteiger partial charge in [0.15, 0.2) is 34.4 Å². The number of benzene rings is 2. The van der Waals surface area contributed by atoms with Crippen LogP contribution < -0.4 is 4.74 Å². The molecule has 6 heteroatoms. The van der Waals surface area contributed by atoms with Crippen molar-refractivity contribution < 1.29 is 29.0 Å². The molecule has 6 nitrogen and oxygen atoms in total. The van der Waals surface area contributed by atoms with Crippen LogP contribution >= 0.6 is 0 Å². The van der Waals surface area contributed by atoms with Gasteiger partial charge in [0.1, 0.15) is 0 Å². The van der Waals surface area contributed by atoms with Crippen LogP contribution in [0, 0.1) is 0 Å². The fraction of sp³-hybridized carbons (Fsp3) is 0.100. The van der Waals surface area contributed by atoms with E-state index in [1.807, 2.05) is 0 Å². The van der Waals surface area contributed by atoms with Gasteiger partial charge < -0.3 is 19.4 Å². The van der Waals surface area contributed by atoms with Crippen molar-refractivity contribution in [3.63, 3.8) is 0 Å². The second kappa shape index (κ2) is 6.76. The maximum absolute atomic E-state index is 12.4. The highest BCUT2D eigenvalue weighted by Gasteiger charge is 2.17. The van der Waals surface area contributed by atoms with Crippen LogP contribution in [0.3, 0.4) is 0 Å². The molecule has 0 atom stereocenters. The van der Waals surface area contributed by atoms with Crippen LogP contribution in [-0.4, -0.2) is 28.9 Å². The summed E-state index contributed by atoms with van der Waals surface area (Å²) in [5.74, 6) is -0.467.